The highest BCUT2D eigenvalue weighted by Crippen LogP contribution is 2.38. The number of rotatable bonds is 4. The molecule has 0 atom stereocenters. The van der Waals surface area contributed by atoms with E-state index in [1.54, 1.807) is 0 Å². The third-order valence-electron chi connectivity index (χ3n) is 7.10. The average molecular weight is 477 g/mol. The Bertz CT molecular complexity index is 1890. The van der Waals surface area contributed by atoms with Gasteiger partial charge in [-0.1, -0.05) is 97.1 Å². The Labute approximate surface area is 215 Å². The SMILES string of the molecule is CN(c1ccc(-c2ccccc2)cc1)c1cc2oc(-c3ccc4ccccc4c3)nc2c2ccccc12. The van der Waals surface area contributed by atoms with Crippen LogP contribution in [0.4, 0.5) is 11.4 Å². The van der Waals surface area contributed by atoms with Gasteiger partial charge >= 0.3 is 0 Å². The largest absolute Gasteiger partial charge is 0.436 e. The number of oxazole rings is 1. The molecule has 0 aliphatic carbocycles. The third kappa shape index (κ3) is 3.73. The van der Waals surface area contributed by atoms with Crippen molar-refractivity contribution >= 4 is 44.0 Å². The molecule has 0 aliphatic rings. The van der Waals surface area contributed by atoms with Crippen molar-refractivity contribution in [2.75, 3.05) is 11.9 Å². The van der Waals surface area contributed by atoms with Crippen molar-refractivity contribution in [2.24, 2.45) is 0 Å². The zero-order chi connectivity index (χ0) is 24.8. The molecule has 3 heteroatoms. The first kappa shape index (κ1) is 21.4. The van der Waals surface area contributed by atoms with E-state index in [4.69, 9.17) is 9.40 Å². The Balaban J connectivity index is 1.33. The fourth-order valence-corrected chi connectivity index (χ4v) is 5.11. The molecule has 0 N–H and O–H groups in total. The van der Waals surface area contributed by atoms with Crippen molar-refractivity contribution in [2.45, 2.75) is 0 Å². The van der Waals surface area contributed by atoms with Gasteiger partial charge in [-0.3, -0.25) is 0 Å². The van der Waals surface area contributed by atoms with Crippen molar-refractivity contribution in [3.8, 4) is 22.6 Å². The van der Waals surface area contributed by atoms with E-state index < -0.39 is 0 Å². The summed E-state index contributed by atoms with van der Waals surface area (Å²) in [7, 11) is 2.10. The number of anilines is 2. The van der Waals surface area contributed by atoms with Crippen LogP contribution in [0, 0.1) is 0 Å². The Kier molecular flexibility index (Phi) is 5.00. The summed E-state index contributed by atoms with van der Waals surface area (Å²) in [5, 5.41) is 4.60. The highest BCUT2D eigenvalue weighted by atomic mass is 16.3. The summed E-state index contributed by atoms with van der Waals surface area (Å²) in [6, 6.07) is 44.4. The summed E-state index contributed by atoms with van der Waals surface area (Å²) in [4.78, 5) is 7.17. The maximum Gasteiger partial charge on any atom is 0.227 e. The maximum atomic E-state index is 6.38. The van der Waals surface area contributed by atoms with Gasteiger partial charge in [-0.25, -0.2) is 4.98 Å². The van der Waals surface area contributed by atoms with E-state index in [0.29, 0.717) is 5.89 Å². The van der Waals surface area contributed by atoms with Crippen molar-refractivity contribution in [1.82, 2.24) is 4.98 Å². The van der Waals surface area contributed by atoms with Gasteiger partial charge in [-0.05, 0) is 46.2 Å². The van der Waals surface area contributed by atoms with Gasteiger partial charge in [0.25, 0.3) is 0 Å². The number of benzene rings is 6. The van der Waals surface area contributed by atoms with E-state index in [1.807, 2.05) is 6.07 Å². The summed E-state index contributed by atoms with van der Waals surface area (Å²) < 4.78 is 6.38. The number of hydrogen-bond donors (Lipinski definition) is 0. The van der Waals surface area contributed by atoms with Gasteiger partial charge in [-0.2, -0.15) is 0 Å². The summed E-state index contributed by atoms with van der Waals surface area (Å²) in [5.74, 6) is 0.637. The van der Waals surface area contributed by atoms with E-state index in [1.165, 1.54) is 21.9 Å². The van der Waals surface area contributed by atoms with Gasteiger partial charge in [0, 0.05) is 35.1 Å². The highest BCUT2D eigenvalue weighted by molar-refractivity contribution is 6.11. The maximum absolute atomic E-state index is 6.38. The number of aromatic nitrogens is 1. The Morgan fingerprint density at radius 3 is 2.03 bits per heavy atom. The molecule has 0 spiro atoms. The van der Waals surface area contributed by atoms with E-state index in [-0.39, 0.29) is 0 Å². The molecule has 7 aromatic rings. The second-order valence-corrected chi connectivity index (χ2v) is 9.34. The minimum Gasteiger partial charge on any atom is -0.436 e. The van der Waals surface area contributed by atoms with Gasteiger partial charge < -0.3 is 9.32 Å². The first-order chi connectivity index (χ1) is 18.2. The van der Waals surface area contributed by atoms with E-state index in [9.17, 15) is 0 Å². The van der Waals surface area contributed by atoms with Gasteiger partial charge in [0.15, 0.2) is 5.58 Å². The molecular weight excluding hydrogens is 452 g/mol. The molecule has 1 aromatic heterocycles. The minimum absolute atomic E-state index is 0.637. The molecule has 1 heterocycles. The second kappa shape index (κ2) is 8.65. The highest BCUT2D eigenvalue weighted by Gasteiger charge is 2.17. The zero-order valence-corrected chi connectivity index (χ0v) is 20.4. The summed E-state index contributed by atoms with van der Waals surface area (Å²) in [5.41, 5.74) is 7.25. The van der Waals surface area contributed by atoms with Crippen LogP contribution in [0.1, 0.15) is 0 Å². The van der Waals surface area contributed by atoms with Crippen LogP contribution in [0.3, 0.4) is 0 Å². The fraction of sp³-hybridized carbons (Fsp3) is 0.0294. The smallest absolute Gasteiger partial charge is 0.227 e. The molecule has 0 saturated carbocycles. The van der Waals surface area contributed by atoms with E-state index in [2.05, 4.69) is 133 Å². The molecule has 6 aromatic carbocycles. The average Bonchev–Trinajstić information content (AvgIpc) is 3.41. The molecule has 0 bridgehead atoms. The zero-order valence-electron chi connectivity index (χ0n) is 20.4. The minimum atomic E-state index is 0.637. The third-order valence-corrected chi connectivity index (χ3v) is 7.10. The first-order valence-electron chi connectivity index (χ1n) is 12.5. The molecule has 0 fully saturated rings. The first-order valence-corrected chi connectivity index (χ1v) is 12.5. The lowest BCUT2D eigenvalue weighted by atomic mass is 10.0. The molecule has 7 rings (SSSR count). The fourth-order valence-electron chi connectivity index (χ4n) is 5.11. The predicted molar refractivity (Wildman–Crippen MR) is 154 cm³/mol. The predicted octanol–water partition coefficient (Wildman–Crippen LogP) is 9.24. The van der Waals surface area contributed by atoms with Crippen LogP contribution in [-0.2, 0) is 0 Å². The van der Waals surface area contributed by atoms with Crippen LogP contribution in [-0.4, -0.2) is 12.0 Å². The molecule has 37 heavy (non-hydrogen) atoms. The molecule has 176 valence electrons. The Hall–Kier alpha value is -4.89. The van der Waals surface area contributed by atoms with Gasteiger partial charge in [0.2, 0.25) is 5.89 Å². The van der Waals surface area contributed by atoms with Crippen molar-refractivity contribution < 1.29 is 4.42 Å². The van der Waals surface area contributed by atoms with Crippen LogP contribution < -0.4 is 4.90 Å². The van der Waals surface area contributed by atoms with Crippen LogP contribution in [0.5, 0.6) is 0 Å². The van der Waals surface area contributed by atoms with Gasteiger partial charge in [0.1, 0.15) is 5.52 Å². The van der Waals surface area contributed by atoms with Crippen LogP contribution in [0.15, 0.2) is 132 Å². The summed E-state index contributed by atoms with van der Waals surface area (Å²) in [6.07, 6.45) is 0. The quantitative estimate of drug-likeness (QED) is 0.253. The van der Waals surface area contributed by atoms with Gasteiger partial charge in [-0.15, -0.1) is 0 Å². The lowest BCUT2D eigenvalue weighted by Crippen LogP contribution is -2.09. The van der Waals surface area contributed by atoms with Crippen molar-refractivity contribution in [1.29, 1.82) is 0 Å². The molecular formula is C34H24N2O. The standard InChI is InChI=1S/C34H24N2O/c1-36(28-19-17-25(18-20-28)23-9-3-2-4-10-23)31-22-32-33(30-14-8-7-13-29(30)31)35-34(37-32)27-16-15-24-11-5-6-12-26(24)21-27/h2-22H,1H3. The number of hydrogen-bond acceptors (Lipinski definition) is 3. The lowest BCUT2D eigenvalue weighted by Gasteiger charge is -2.22. The Morgan fingerprint density at radius 2 is 1.22 bits per heavy atom. The molecule has 0 aliphatic heterocycles. The van der Waals surface area contributed by atoms with Crippen LogP contribution in [0.2, 0.25) is 0 Å². The van der Waals surface area contributed by atoms with Crippen molar-refractivity contribution in [3.63, 3.8) is 0 Å². The number of fused-ring (bicyclic) bond motifs is 4. The van der Waals surface area contributed by atoms with E-state index in [0.717, 1.165) is 38.8 Å². The molecule has 0 radical (unpaired) electrons. The van der Waals surface area contributed by atoms with Crippen LogP contribution >= 0.6 is 0 Å². The molecule has 0 unspecified atom stereocenters. The molecule has 0 saturated heterocycles. The summed E-state index contributed by atoms with van der Waals surface area (Å²) >= 11 is 0. The lowest BCUT2D eigenvalue weighted by molar-refractivity contribution is 0.620. The topological polar surface area (TPSA) is 29.3 Å². The number of nitrogens with zero attached hydrogens (tertiary/aromatic N) is 2. The molecule has 0 amide bonds. The van der Waals surface area contributed by atoms with Gasteiger partial charge in [0.05, 0.1) is 5.69 Å². The normalized spacial score (nSPS) is 11.4. The monoisotopic (exact) mass is 476 g/mol. The Morgan fingerprint density at radius 1 is 0.568 bits per heavy atom. The van der Waals surface area contributed by atoms with Crippen molar-refractivity contribution in [3.05, 3.63) is 127 Å². The summed E-state index contributed by atoms with van der Waals surface area (Å²) in [6.45, 7) is 0. The molecule has 3 nitrogen and oxygen atoms in total. The van der Waals surface area contributed by atoms with E-state index >= 15 is 0 Å². The van der Waals surface area contributed by atoms with Crippen LogP contribution in [0.25, 0.3) is 55.2 Å². The second-order valence-electron chi connectivity index (χ2n) is 9.34.